The van der Waals surface area contributed by atoms with Gasteiger partial charge < -0.3 is 5.32 Å². The normalized spacial score (nSPS) is 15.7. The number of hydrogen-bond donors (Lipinski definition) is 1. The van der Waals surface area contributed by atoms with Crippen molar-refractivity contribution in [2.45, 2.75) is 12.8 Å². The molecule has 1 unspecified atom stereocenters. The number of aliphatic imine (C=N–C) groups is 2. The molecular weight excluding hydrogens is 353 g/mol. The number of fused-ring (bicyclic) bond motifs is 1. The molecule has 0 aromatic heterocycles. The Bertz CT molecular complexity index is 1070. The highest BCUT2D eigenvalue weighted by Gasteiger charge is 2.26. The van der Waals surface area contributed by atoms with E-state index in [1.165, 1.54) is 12.1 Å². The molecule has 3 aromatic carbocycles. The summed E-state index contributed by atoms with van der Waals surface area (Å²) in [5.41, 5.74) is 3.52. The quantitative estimate of drug-likeness (QED) is 0.663. The van der Waals surface area contributed by atoms with E-state index in [1.807, 2.05) is 49.4 Å². The van der Waals surface area contributed by atoms with E-state index < -0.39 is 0 Å². The molecule has 0 aliphatic carbocycles. The summed E-state index contributed by atoms with van der Waals surface area (Å²) < 4.78 is 13.4. The first-order chi connectivity index (χ1) is 13.6. The van der Waals surface area contributed by atoms with Gasteiger partial charge in [0.15, 0.2) is 0 Å². The van der Waals surface area contributed by atoms with Crippen molar-refractivity contribution in [3.63, 3.8) is 0 Å². The Kier molecular flexibility index (Phi) is 4.81. The first-order valence-corrected chi connectivity index (χ1v) is 8.96. The van der Waals surface area contributed by atoms with Crippen molar-refractivity contribution in [3.05, 3.63) is 95.8 Å². The Morgan fingerprint density at radius 3 is 2.14 bits per heavy atom. The van der Waals surface area contributed by atoms with Gasteiger partial charge in [-0.1, -0.05) is 42.5 Å². The van der Waals surface area contributed by atoms with Crippen LogP contribution in [0.2, 0.25) is 0 Å². The highest BCUT2D eigenvalue weighted by atomic mass is 19.1. The number of halogens is 1. The lowest BCUT2D eigenvalue weighted by Crippen LogP contribution is -2.37. The minimum absolute atomic E-state index is 0.251. The van der Waals surface area contributed by atoms with E-state index in [4.69, 9.17) is 9.98 Å². The van der Waals surface area contributed by atoms with Crippen molar-refractivity contribution in [2.75, 3.05) is 0 Å². The lowest BCUT2D eigenvalue weighted by Gasteiger charge is -2.19. The number of amidine groups is 1. The number of nitrogens with zero attached hydrogens (tertiary/aromatic N) is 2. The molecule has 3 aromatic rings. The topological polar surface area (TPSA) is 53.8 Å². The number of benzene rings is 3. The average molecular weight is 371 g/mol. The van der Waals surface area contributed by atoms with E-state index in [1.54, 1.807) is 24.3 Å². The second-order valence-electron chi connectivity index (χ2n) is 6.54. The number of carbonyl (C=O) groups is 1. The fraction of sp³-hybridized carbons (Fsp3) is 0.0870. The number of para-hydroxylation sites is 2. The van der Waals surface area contributed by atoms with E-state index in [0.717, 1.165) is 17.0 Å². The Balaban J connectivity index is 1.80. The van der Waals surface area contributed by atoms with Gasteiger partial charge in [-0.15, -0.1) is 0 Å². The molecule has 0 bridgehead atoms. The van der Waals surface area contributed by atoms with Gasteiger partial charge in [-0.3, -0.25) is 9.79 Å². The molecule has 1 heterocycles. The zero-order valence-corrected chi connectivity index (χ0v) is 15.3. The van der Waals surface area contributed by atoms with Gasteiger partial charge in [0.2, 0.25) is 0 Å². The van der Waals surface area contributed by atoms with Crippen LogP contribution in [0.5, 0.6) is 0 Å². The lowest BCUT2D eigenvalue weighted by molar-refractivity contribution is 0.0976. The highest BCUT2D eigenvalue weighted by Crippen LogP contribution is 2.34. The number of hydrogen-bond acceptors (Lipinski definition) is 3. The van der Waals surface area contributed by atoms with E-state index in [-0.39, 0.29) is 17.6 Å². The molecule has 0 saturated carbocycles. The molecule has 1 N–H and O–H groups in total. The number of nitrogens with one attached hydrogen (secondary N) is 1. The van der Waals surface area contributed by atoms with Crippen LogP contribution in [0.15, 0.2) is 88.8 Å². The SMILES string of the molecule is CC1=Nc2ccccc2N=C(NC(=O)c2ccccc2)C1c1ccc(F)cc1. The van der Waals surface area contributed by atoms with Crippen LogP contribution in [0.3, 0.4) is 0 Å². The van der Waals surface area contributed by atoms with Gasteiger partial charge >= 0.3 is 0 Å². The van der Waals surface area contributed by atoms with Crippen LogP contribution >= 0.6 is 0 Å². The first kappa shape index (κ1) is 17.8. The second-order valence-corrected chi connectivity index (χ2v) is 6.54. The maximum absolute atomic E-state index is 13.4. The molecule has 0 fully saturated rings. The van der Waals surface area contributed by atoms with Gasteiger partial charge in [-0.25, -0.2) is 9.38 Å². The predicted octanol–water partition coefficient (Wildman–Crippen LogP) is 5.18. The highest BCUT2D eigenvalue weighted by molar-refractivity contribution is 6.19. The molecule has 0 spiro atoms. The summed E-state index contributed by atoms with van der Waals surface area (Å²) >= 11 is 0. The molecular formula is C23H18FN3O. The molecule has 138 valence electrons. The van der Waals surface area contributed by atoms with Crippen molar-refractivity contribution in [2.24, 2.45) is 9.98 Å². The minimum Gasteiger partial charge on any atom is -0.309 e. The van der Waals surface area contributed by atoms with E-state index >= 15 is 0 Å². The smallest absolute Gasteiger partial charge is 0.256 e. The van der Waals surface area contributed by atoms with E-state index in [0.29, 0.717) is 17.1 Å². The fourth-order valence-corrected chi connectivity index (χ4v) is 3.23. The van der Waals surface area contributed by atoms with Gasteiger partial charge in [-0.05, 0) is 48.9 Å². The Labute approximate surface area is 162 Å². The predicted molar refractivity (Wildman–Crippen MR) is 109 cm³/mol. The van der Waals surface area contributed by atoms with Crippen LogP contribution in [-0.2, 0) is 0 Å². The van der Waals surface area contributed by atoms with Crippen molar-refractivity contribution >= 4 is 28.8 Å². The summed E-state index contributed by atoms with van der Waals surface area (Å²) in [4.78, 5) is 22.2. The monoisotopic (exact) mass is 371 g/mol. The van der Waals surface area contributed by atoms with Gasteiger partial charge in [0.25, 0.3) is 5.91 Å². The summed E-state index contributed by atoms with van der Waals surface area (Å²) in [5.74, 6) is -0.493. The Morgan fingerprint density at radius 1 is 0.857 bits per heavy atom. The molecule has 4 nitrogen and oxygen atoms in total. The van der Waals surface area contributed by atoms with Crippen LogP contribution in [0.25, 0.3) is 0 Å². The largest absolute Gasteiger partial charge is 0.309 e. The van der Waals surface area contributed by atoms with Gasteiger partial charge in [0, 0.05) is 11.3 Å². The van der Waals surface area contributed by atoms with E-state index in [9.17, 15) is 9.18 Å². The van der Waals surface area contributed by atoms with Gasteiger partial charge in [0.05, 0.1) is 17.3 Å². The zero-order valence-electron chi connectivity index (χ0n) is 15.3. The van der Waals surface area contributed by atoms with E-state index in [2.05, 4.69) is 5.32 Å². The molecule has 4 rings (SSSR count). The van der Waals surface area contributed by atoms with Crippen molar-refractivity contribution in [1.82, 2.24) is 5.32 Å². The van der Waals surface area contributed by atoms with Crippen molar-refractivity contribution < 1.29 is 9.18 Å². The summed E-state index contributed by atoms with van der Waals surface area (Å²) in [6.45, 7) is 1.89. The van der Waals surface area contributed by atoms with Crippen LogP contribution < -0.4 is 5.32 Å². The maximum Gasteiger partial charge on any atom is 0.256 e. The molecule has 0 saturated heterocycles. The standard InChI is InChI=1S/C23H18FN3O/c1-15-21(16-11-13-18(24)14-12-16)22(26-20-10-6-5-9-19(20)25-15)27-23(28)17-7-3-2-4-8-17/h2-14,21H,1H3,(H,26,27,28). The van der Waals surface area contributed by atoms with Crippen LogP contribution in [0, 0.1) is 5.82 Å². The molecule has 5 heteroatoms. The molecule has 1 aliphatic heterocycles. The third-order valence-corrected chi connectivity index (χ3v) is 4.59. The molecule has 1 amide bonds. The average Bonchev–Trinajstić information content (AvgIpc) is 2.85. The number of amides is 1. The molecule has 1 aliphatic rings. The van der Waals surface area contributed by atoms with Crippen molar-refractivity contribution in [3.8, 4) is 0 Å². The maximum atomic E-state index is 13.4. The molecule has 0 radical (unpaired) electrons. The fourth-order valence-electron chi connectivity index (χ4n) is 3.23. The third-order valence-electron chi connectivity index (χ3n) is 4.59. The van der Waals surface area contributed by atoms with Gasteiger partial charge in [0.1, 0.15) is 11.7 Å². The van der Waals surface area contributed by atoms with Crippen molar-refractivity contribution in [1.29, 1.82) is 0 Å². The lowest BCUT2D eigenvalue weighted by atomic mass is 9.93. The van der Waals surface area contributed by atoms with Gasteiger partial charge in [-0.2, -0.15) is 0 Å². The summed E-state index contributed by atoms with van der Waals surface area (Å²) in [7, 11) is 0. The Hall–Kier alpha value is -3.60. The number of carbonyl (C=O) groups excluding carboxylic acids is 1. The third kappa shape index (κ3) is 3.60. The summed E-state index contributed by atoms with van der Waals surface area (Å²) in [6.07, 6.45) is 0. The zero-order chi connectivity index (χ0) is 19.5. The van der Waals surface area contributed by atoms with Crippen LogP contribution in [0.1, 0.15) is 28.8 Å². The molecule has 1 atom stereocenters. The second kappa shape index (κ2) is 7.56. The molecule has 28 heavy (non-hydrogen) atoms. The van der Waals surface area contributed by atoms with Crippen LogP contribution in [-0.4, -0.2) is 17.5 Å². The van der Waals surface area contributed by atoms with Crippen LogP contribution in [0.4, 0.5) is 15.8 Å². The minimum atomic E-state index is -0.388. The first-order valence-electron chi connectivity index (χ1n) is 8.96. The summed E-state index contributed by atoms with van der Waals surface area (Å²) in [6, 6.07) is 22.7. The number of rotatable bonds is 2. The summed E-state index contributed by atoms with van der Waals surface area (Å²) in [5, 5.41) is 2.95. The Morgan fingerprint density at radius 2 is 1.46 bits per heavy atom.